The Kier molecular flexibility index (Phi) is 4.38. The molecule has 0 bridgehead atoms. The average Bonchev–Trinajstić information content (AvgIpc) is 2.89. The molecule has 2 atom stereocenters. The van der Waals surface area contributed by atoms with Gasteiger partial charge in [0.15, 0.2) is 5.16 Å². The maximum absolute atomic E-state index is 13.9. The molecule has 0 saturated heterocycles. The highest BCUT2D eigenvalue weighted by molar-refractivity contribution is 7.99. The van der Waals surface area contributed by atoms with E-state index < -0.39 is 0 Å². The van der Waals surface area contributed by atoms with Crippen molar-refractivity contribution in [2.75, 3.05) is 0 Å². The summed E-state index contributed by atoms with van der Waals surface area (Å²) in [6.07, 6.45) is 4.21. The van der Waals surface area contributed by atoms with Crippen molar-refractivity contribution in [3.05, 3.63) is 48.0 Å². The molecule has 2 aromatic rings. The molecule has 2 unspecified atom stereocenters. The molecule has 3 N–H and O–H groups in total. The van der Waals surface area contributed by atoms with Crippen molar-refractivity contribution in [3.63, 3.8) is 0 Å². The van der Waals surface area contributed by atoms with Crippen LogP contribution in [0.15, 0.2) is 41.8 Å². The van der Waals surface area contributed by atoms with E-state index in [1.54, 1.807) is 24.5 Å². The van der Waals surface area contributed by atoms with Crippen LogP contribution < -0.4 is 5.73 Å². The van der Waals surface area contributed by atoms with Gasteiger partial charge >= 0.3 is 0 Å². The van der Waals surface area contributed by atoms with E-state index in [9.17, 15) is 4.39 Å². The molecule has 0 saturated carbocycles. The fourth-order valence-electron chi connectivity index (χ4n) is 1.74. The molecule has 1 aromatic carbocycles. The Morgan fingerprint density at radius 3 is 2.83 bits per heavy atom. The van der Waals surface area contributed by atoms with Crippen LogP contribution in [-0.2, 0) is 0 Å². The van der Waals surface area contributed by atoms with Crippen LogP contribution in [-0.4, -0.2) is 16.0 Å². The van der Waals surface area contributed by atoms with Gasteiger partial charge < -0.3 is 10.7 Å². The zero-order valence-electron chi connectivity index (χ0n) is 10.1. The number of H-pyrrole nitrogens is 1. The van der Waals surface area contributed by atoms with Crippen LogP contribution in [0, 0.1) is 5.82 Å². The molecule has 0 fully saturated rings. The molecule has 3 nitrogen and oxygen atoms in total. The number of halogens is 1. The van der Waals surface area contributed by atoms with Crippen molar-refractivity contribution in [2.24, 2.45) is 5.73 Å². The van der Waals surface area contributed by atoms with E-state index in [1.165, 1.54) is 17.8 Å². The van der Waals surface area contributed by atoms with Gasteiger partial charge in [0, 0.05) is 24.0 Å². The summed E-state index contributed by atoms with van der Waals surface area (Å²) in [4.78, 5) is 7.17. The number of aromatic amines is 1. The number of imidazole rings is 1. The van der Waals surface area contributed by atoms with E-state index in [0.29, 0.717) is 5.56 Å². The van der Waals surface area contributed by atoms with E-state index in [1.807, 2.05) is 13.0 Å². The minimum absolute atomic E-state index is 0.114. The molecule has 0 spiro atoms. The quantitative estimate of drug-likeness (QED) is 0.817. The first kappa shape index (κ1) is 13.1. The molecular weight excluding hydrogens is 249 g/mol. The predicted molar refractivity (Wildman–Crippen MR) is 71.9 cm³/mol. The Bertz CT molecular complexity index is 487. The van der Waals surface area contributed by atoms with Gasteiger partial charge in [-0.2, -0.15) is 0 Å². The first-order valence-corrected chi connectivity index (χ1v) is 6.76. The standard InChI is InChI=1S/C13H16FN3S/c1-2-11(15)12(18-13-16-7-8-17-13)9-5-3-4-6-10(9)14/h3-8,11-12H,2,15H2,1H3,(H,16,17). The summed E-state index contributed by atoms with van der Waals surface area (Å²) >= 11 is 1.46. The van der Waals surface area contributed by atoms with Gasteiger partial charge in [-0.25, -0.2) is 9.37 Å². The number of rotatable bonds is 5. The Balaban J connectivity index is 2.28. The summed E-state index contributed by atoms with van der Waals surface area (Å²) in [6.45, 7) is 2.00. The lowest BCUT2D eigenvalue weighted by molar-refractivity contribution is 0.572. The largest absolute Gasteiger partial charge is 0.340 e. The highest BCUT2D eigenvalue weighted by atomic mass is 32.2. The maximum Gasteiger partial charge on any atom is 0.165 e. The summed E-state index contributed by atoms with van der Waals surface area (Å²) < 4.78 is 13.9. The lowest BCUT2D eigenvalue weighted by atomic mass is 10.0. The van der Waals surface area contributed by atoms with Crippen LogP contribution in [0.4, 0.5) is 4.39 Å². The normalized spacial score (nSPS) is 14.4. The number of benzene rings is 1. The van der Waals surface area contributed by atoms with Crippen LogP contribution in [0.1, 0.15) is 24.2 Å². The van der Waals surface area contributed by atoms with E-state index in [2.05, 4.69) is 9.97 Å². The number of nitrogens with one attached hydrogen (secondary N) is 1. The van der Waals surface area contributed by atoms with Crippen molar-refractivity contribution < 1.29 is 4.39 Å². The van der Waals surface area contributed by atoms with Gasteiger partial charge in [-0.05, 0) is 12.5 Å². The summed E-state index contributed by atoms with van der Waals surface area (Å²) in [7, 11) is 0. The minimum Gasteiger partial charge on any atom is -0.340 e. The van der Waals surface area contributed by atoms with Gasteiger partial charge in [-0.15, -0.1) is 0 Å². The van der Waals surface area contributed by atoms with E-state index in [0.717, 1.165) is 11.6 Å². The zero-order valence-corrected chi connectivity index (χ0v) is 11.0. The molecule has 1 heterocycles. The van der Waals surface area contributed by atoms with Crippen molar-refractivity contribution in [2.45, 2.75) is 29.8 Å². The van der Waals surface area contributed by atoms with Crippen LogP contribution in [0.3, 0.4) is 0 Å². The molecule has 0 aliphatic rings. The number of hydrogen-bond donors (Lipinski definition) is 2. The Hall–Kier alpha value is -1.33. The molecule has 1 aromatic heterocycles. The van der Waals surface area contributed by atoms with Gasteiger partial charge in [0.2, 0.25) is 0 Å². The lowest BCUT2D eigenvalue weighted by Crippen LogP contribution is -2.26. The van der Waals surface area contributed by atoms with Crippen molar-refractivity contribution in [1.29, 1.82) is 0 Å². The molecule has 0 aliphatic heterocycles. The second-order valence-corrected chi connectivity index (χ2v) is 5.16. The maximum atomic E-state index is 13.9. The highest BCUT2D eigenvalue weighted by Crippen LogP contribution is 2.37. The molecule has 18 heavy (non-hydrogen) atoms. The third-order valence-corrected chi connectivity index (χ3v) is 4.09. The first-order valence-electron chi connectivity index (χ1n) is 5.88. The number of thioether (sulfide) groups is 1. The second-order valence-electron chi connectivity index (χ2n) is 4.03. The number of aromatic nitrogens is 2. The fourth-order valence-corrected chi connectivity index (χ4v) is 2.92. The third kappa shape index (κ3) is 2.91. The molecule has 5 heteroatoms. The van der Waals surface area contributed by atoms with Crippen LogP contribution in [0.2, 0.25) is 0 Å². The second kappa shape index (κ2) is 6.02. The molecule has 2 rings (SSSR count). The van der Waals surface area contributed by atoms with E-state index in [-0.39, 0.29) is 17.1 Å². The van der Waals surface area contributed by atoms with Crippen molar-refractivity contribution in [1.82, 2.24) is 9.97 Å². The number of nitrogens with two attached hydrogens (primary N) is 1. The van der Waals surface area contributed by atoms with Gasteiger partial charge in [0.25, 0.3) is 0 Å². The van der Waals surface area contributed by atoms with Crippen molar-refractivity contribution in [3.8, 4) is 0 Å². The zero-order chi connectivity index (χ0) is 13.0. The van der Waals surface area contributed by atoms with Crippen LogP contribution in [0.5, 0.6) is 0 Å². The van der Waals surface area contributed by atoms with E-state index >= 15 is 0 Å². The number of nitrogens with zero attached hydrogens (tertiary/aromatic N) is 1. The predicted octanol–water partition coefficient (Wildman–Crippen LogP) is 3.12. The summed E-state index contributed by atoms with van der Waals surface area (Å²) in [5, 5.41) is 0.620. The van der Waals surface area contributed by atoms with Gasteiger partial charge in [0.05, 0.1) is 5.25 Å². The smallest absolute Gasteiger partial charge is 0.165 e. The lowest BCUT2D eigenvalue weighted by Gasteiger charge is -2.22. The van der Waals surface area contributed by atoms with Crippen LogP contribution >= 0.6 is 11.8 Å². The molecule has 96 valence electrons. The molecular formula is C13H16FN3S. The summed E-state index contributed by atoms with van der Waals surface area (Å²) in [5.41, 5.74) is 6.74. The summed E-state index contributed by atoms with van der Waals surface area (Å²) in [5.74, 6) is -0.217. The highest BCUT2D eigenvalue weighted by Gasteiger charge is 2.23. The van der Waals surface area contributed by atoms with Gasteiger partial charge in [-0.1, -0.05) is 36.9 Å². The Morgan fingerprint density at radius 1 is 1.44 bits per heavy atom. The molecule has 0 radical (unpaired) electrons. The Labute approximate surface area is 110 Å². The monoisotopic (exact) mass is 265 g/mol. The summed E-state index contributed by atoms with van der Waals surface area (Å²) in [6, 6.07) is 6.65. The van der Waals surface area contributed by atoms with Crippen molar-refractivity contribution >= 4 is 11.8 Å². The minimum atomic E-state index is -0.217. The van der Waals surface area contributed by atoms with Gasteiger partial charge in [0.1, 0.15) is 5.82 Å². The molecule has 0 amide bonds. The van der Waals surface area contributed by atoms with Gasteiger partial charge in [-0.3, -0.25) is 0 Å². The first-order chi connectivity index (χ1) is 8.72. The molecule has 0 aliphatic carbocycles. The van der Waals surface area contributed by atoms with Crippen LogP contribution in [0.25, 0.3) is 0 Å². The SMILES string of the molecule is CCC(N)C(Sc1ncc[nH]1)c1ccccc1F. The third-order valence-electron chi connectivity index (χ3n) is 2.78. The number of hydrogen-bond acceptors (Lipinski definition) is 3. The van der Waals surface area contributed by atoms with E-state index in [4.69, 9.17) is 5.73 Å². The fraction of sp³-hybridized carbons (Fsp3) is 0.308. The Morgan fingerprint density at radius 2 is 2.22 bits per heavy atom. The average molecular weight is 265 g/mol. The topological polar surface area (TPSA) is 54.7 Å².